The number of hydrogen-bond donors (Lipinski definition) is 4. The van der Waals surface area contributed by atoms with Gasteiger partial charge < -0.3 is 20.6 Å². The Hall–Kier alpha value is -1.75. The van der Waals surface area contributed by atoms with E-state index < -0.39 is 12.0 Å². The van der Waals surface area contributed by atoms with Crippen LogP contribution in [0.2, 0.25) is 0 Å². The van der Waals surface area contributed by atoms with Crippen LogP contribution in [-0.2, 0) is 4.79 Å². The van der Waals surface area contributed by atoms with Crippen molar-refractivity contribution in [2.75, 3.05) is 6.54 Å². The average Bonchev–Trinajstić information content (AvgIpc) is 2.49. The van der Waals surface area contributed by atoms with Crippen LogP contribution in [0.4, 0.5) is 0 Å². The molecule has 2 unspecified atom stereocenters. The van der Waals surface area contributed by atoms with Gasteiger partial charge in [0.25, 0.3) is 5.91 Å². The van der Waals surface area contributed by atoms with Gasteiger partial charge in [-0.2, -0.15) is 0 Å². The van der Waals surface area contributed by atoms with Gasteiger partial charge in [0.2, 0.25) is 0 Å². The summed E-state index contributed by atoms with van der Waals surface area (Å²) in [6.07, 6.45) is 2.95. The Morgan fingerprint density at radius 2 is 1.95 bits per heavy atom. The summed E-state index contributed by atoms with van der Waals surface area (Å²) in [4.78, 5) is 11.9. The molecule has 1 aromatic rings. The zero-order chi connectivity index (χ0) is 15.8. The fraction of sp³-hybridized carbons (Fsp3) is 0.562. The average molecular weight is 295 g/mol. The monoisotopic (exact) mass is 295 g/mol. The molecule has 0 aliphatic rings. The van der Waals surface area contributed by atoms with E-state index in [-0.39, 0.29) is 17.1 Å². The van der Waals surface area contributed by atoms with E-state index in [0.29, 0.717) is 12.5 Å². The molecule has 0 saturated heterocycles. The number of nitrogens with one attached hydrogen (secondary N) is 1. The first-order valence-corrected chi connectivity index (χ1v) is 7.47. The Bertz CT molecular complexity index is 462. The molecule has 1 aromatic carbocycles. The summed E-state index contributed by atoms with van der Waals surface area (Å²) < 4.78 is 0. The summed E-state index contributed by atoms with van der Waals surface area (Å²) in [5.74, 6) is -0.713. The van der Waals surface area contributed by atoms with Crippen molar-refractivity contribution in [1.29, 1.82) is 0 Å². The zero-order valence-corrected chi connectivity index (χ0v) is 12.7. The van der Waals surface area contributed by atoms with E-state index in [0.717, 1.165) is 25.7 Å². The van der Waals surface area contributed by atoms with Crippen LogP contribution in [0.3, 0.4) is 0 Å². The number of aliphatic hydroxyl groups is 1. The standard InChI is InChI=1S/C16H25NO4/c1-3-5-6-11(4-2)10-17-16(21)15(20)12-7-8-13(18)14(19)9-12/h7-9,11,15,18-20H,3-6,10H2,1-2H3,(H,17,21). The molecule has 5 nitrogen and oxygen atoms in total. The highest BCUT2D eigenvalue weighted by molar-refractivity contribution is 5.82. The van der Waals surface area contributed by atoms with Gasteiger partial charge >= 0.3 is 0 Å². The molecule has 118 valence electrons. The second-order valence-corrected chi connectivity index (χ2v) is 5.31. The quantitative estimate of drug-likeness (QED) is 0.555. The van der Waals surface area contributed by atoms with Gasteiger partial charge in [0.15, 0.2) is 17.6 Å². The molecule has 21 heavy (non-hydrogen) atoms. The van der Waals surface area contributed by atoms with Gasteiger partial charge in [-0.15, -0.1) is 0 Å². The van der Waals surface area contributed by atoms with Crippen LogP contribution in [0.25, 0.3) is 0 Å². The second-order valence-electron chi connectivity index (χ2n) is 5.31. The van der Waals surface area contributed by atoms with Crippen molar-refractivity contribution in [2.45, 2.75) is 45.6 Å². The lowest BCUT2D eigenvalue weighted by Crippen LogP contribution is -2.33. The van der Waals surface area contributed by atoms with Gasteiger partial charge in [-0.25, -0.2) is 0 Å². The molecule has 0 fully saturated rings. The largest absolute Gasteiger partial charge is 0.504 e. The molecule has 1 amide bonds. The van der Waals surface area contributed by atoms with Gasteiger partial charge in [-0.05, 0) is 30.0 Å². The number of rotatable bonds is 8. The van der Waals surface area contributed by atoms with Crippen molar-refractivity contribution in [3.8, 4) is 11.5 Å². The molecule has 0 spiro atoms. The van der Waals surface area contributed by atoms with Gasteiger partial charge in [0, 0.05) is 6.54 Å². The Labute approximate surface area is 125 Å². The number of carbonyl (C=O) groups is 1. The number of phenols is 2. The van der Waals surface area contributed by atoms with Crippen LogP contribution in [0.15, 0.2) is 18.2 Å². The molecule has 0 bridgehead atoms. The van der Waals surface area contributed by atoms with E-state index in [1.54, 1.807) is 0 Å². The minimum Gasteiger partial charge on any atom is -0.504 e. The van der Waals surface area contributed by atoms with Crippen molar-refractivity contribution in [3.05, 3.63) is 23.8 Å². The number of aliphatic hydroxyl groups excluding tert-OH is 1. The second kappa shape index (κ2) is 8.52. The molecular formula is C16H25NO4. The van der Waals surface area contributed by atoms with E-state index in [2.05, 4.69) is 19.2 Å². The van der Waals surface area contributed by atoms with Crippen LogP contribution in [0, 0.1) is 5.92 Å². The topological polar surface area (TPSA) is 89.8 Å². The number of carbonyl (C=O) groups excluding carboxylic acids is 1. The summed E-state index contributed by atoms with van der Waals surface area (Å²) in [7, 11) is 0. The number of phenolic OH excluding ortho intramolecular Hbond substituents is 2. The van der Waals surface area contributed by atoms with Crippen LogP contribution in [-0.4, -0.2) is 27.8 Å². The first kappa shape index (κ1) is 17.3. The van der Waals surface area contributed by atoms with E-state index in [1.165, 1.54) is 18.2 Å². The minimum atomic E-state index is -1.35. The van der Waals surface area contributed by atoms with E-state index in [9.17, 15) is 20.1 Å². The van der Waals surface area contributed by atoms with Gasteiger partial charge in [0.05, 0.1) is 0 Å². The van der Waals surface area contributed by atoms with Gasteiger partial charge in [0.1, 0.15) is 0 Å². The van der Waals surface area contributed by atoms with E-state index in [1.807, 2.05) is 0 Å². The van der Waals surface area contributed by atoms with Crippen molar-refractivity contribution in [1.82, 2.24) is 5.32 Å². The molecule has 0 heterocycles. The highest BCUT2D eigenvalue weighted by Crippen LogP contribution is 2.27. The van der Waals surface area contributed by atoms with Gasteiger partial charge in [-0.3, -0.25) is 4.79 Å². The lowest BCUT2D eigenvalue weighted by Gasteiger charge is -2.17. The van der Waals surface area contributed by atoms with Crippen molar-refractivity contribution in [2.24, 2.45) is 5.92 Å². The summed E-state index contributed by atoms with van der Waals surface area (Å²) in [6, 6.07) is 3.85. The summed E-state index contributed by atoms with van der Waals surface area (Å²) in [6.45, 7) is 4.75. The SMILES string of the molecule is CCCCC(CC)CNC(=O)C(O)c1ccc(O)c(O)c1. The molecule has 0 aromatic heterocycles. The van der Waals surface area contributed by atoms with Crippen molar-refractivity contribution >= 4 is 5.91 Å². The Balaban J connectivity index is 2.55. The van der Waals surface area contributed by atoms with Crippen molar-refractivity contribution in [3.63, 3.8) is 0 Å². The molecule has 0 aliphatic heterocycles. The van der Waals surface area contributed by atoms with Crippen LogP contribution in [0.1, 0.15) is 51.2 Å². The molecular weight excluding hydrogens is 270 g/mol. The minimum absolute atomic E-state index is 0.254. The maximum atomic E-state index is 11.9. The molecule has 1 rings (SSSR count). The molecule has 4 N–H and O–H groups in total. The Kier molecular flexibility index (Phi) is 7.02. The Morgan fingerprint density at radius 1 is 1.24 bits per heavy atom. The first-order chi connectivity index (χ1) is 9.99. The molecule has 2 atom stereocenters. The molecule has 0 aliphatic carbocycles. The third-order valence-corrected chi connectivity index (χ3v) is 3.67. The number of amides is 1. The number of unbranched alkanes of at least 4 members (excludes halogenated alkanes) is 1. The fourth-order valence-corrected chi connectivity index (χ4v) is 2.15. The highest BCUT2D eigenvalue weighted by atomic mass is 16.3. The molecule has 5 heteroatoms. The maximum Gasteiger partial charge on any atom is 0.253 e. The van der Waals surface area contributed by atoms with E-state index >= 15 is 0 Å². The first-order valence-electron chi connectivity index (χ1n) is 7.47. The van der Waals surface area contributed by atoms with Crippen LogP contribution < -0.4 is 5.32 Å². The number of aromatic hydroxyl groups is 2. The predicted octanol–water partition coefficient (Wildman–Crippen LogP) is 2.46. The third kappa shape index (κ3) is 5.27. The number of benzene rings is 1. The number of hydrogen-bond acceptors (Lipinski definition) is 4. The fourth-order valence-electron chi connectivity index (χ4n) is 2.15. The summed E-state index contributed by atoms with van der Waals surface area (Å²) in [5.41, 5.74) is 0.254. The maximum absolute atomic E-state index is 11.9. The van der Waals surface area contributed by atoms with Gasteiger partial charge in [-0.1, -0.05) is 39.2 Å². The van der Waals surface area contributed by atoms with E-state index in [4.69, 9.17) is 0 Å². The highest BCUT2D eigenvalue weighted by Gasteiger charge is 2.19. The third-order valence-electron chi connectivity index (χ3n) is 3.67. The summed E-state index contributed by atoms with van der Waals surface area (Å²) in [5, 5.41) is 31.3. The predicted molar refractivity (Wildman–Crippen MR) is 81.0 cm³/mol. The lowest BCUT2D eigenvalue weighted by atomic mass is 9.99. The Morgan fingerprint density at radius 3 is 2.52 bits per heavy atom. The normalized spacial score (nSPS) is 13.7. The lowest BCUT2D eigenvalue weighted by molar-refractivity contribution is -0.129. The van der Waals surface area contributed by atoms with Crippen LogP contribution in [0.5, 0.6) is 11.5 Å². The van der Waals surface area contributed by atoms with Crippen LogP contribution >= 0.6 is 0 Å². The zero-order valence-electron chi connectivity index (χ0n) is 12.7. The molecule has 0 saturated carbocycles. The smallest absolute Gasteiger partial charge is 0.253 e. The summed E-state index contributed by atoms with van der Waals surface area (Å²) >= 11 is 0. The van der Waals surface area contributed by atoms with Crippen molar-refractivity contribution < 1.29 is 20.1 Å². The molecule has 0 radical (unpaired) electrons.